The predicted molar refractivity (Wildman–Crippen MR) is 89.5 cm³/mol. The molecule has 106 valence electrons. The van der Waals surface area contributed by atoms with Gasteiger partial charge in [0.15, 0.2) is 0 Å². The van der Waals surface area contributed by atoms with E-state index in [1.807, 2.05) is 41.3 Å². The molecule has 1 aromatic heterocycles. The van der Waals surface area contributed by atoms with Gasteiger partial charge in [0.05, 0.1) is 12.5 Å². The summed E-state index contributed by atoms with van der Waals surface area (Å²) in [6, 6.07) is 10.4. The van der Waals surface area contributed by atoms with Gasteiger partial charge in [0.2, 0.25) is 0 Å². The number of thioether (sulfide) groups is 1. The maximum absolute atomic E-state index is 6.64. The highest BCUT2D eigenvalue weighted by atomic mass is 35.5. The topological polar surface area (TPSA) is 9.23 Å². The van der Waals surface area contributed by atoms with E-state index in [4.69, 9.17) is 16.3 Å². The Morgan fingerprint density at radius 1 is 1.35 bits per heavy atom. The molecule has 0 spiro atoms. The molecule has 1 aliphatic rings. The van der Waals surface area contributed by atoms with Gasteiger partial charge < -0.3 is 4.74 Å². The smallest absolute Gasteiger partial charge is 0.122 e. The van der Waals surface area contributed by atoms with Crippen LogP contribution in [0.25, 0.3) is 0 Å². The van der Waals surface area contributed by atoms with Crippen molar-refractivity contribution in [2.75, 3.05) is 12.9 Å². The number of halogens is 1. The molecule has 1 aromatic carbocycles. The molecule has 0 aliphatic carbocycles. The molecule has 1 aliphatic heterocycles. The van der Waals surface area contributed by atoms with Crippen LogP contribution >= 0.6 is 34.7 Å². The van der Waals surface area contributed by atoms with Gasteiger partial charge in [-0.3, -0.25) is 0 Å². The van der Waals surface area contributed by atoms with Crippen LogP contribution in [0, 0.1) is 0 Å². The normalized spacial score (nSPS) is 15.7. The summed E-state index contributed by atoms with van der Waals surface area (Å²) < 4.78 is 5.40. The van der Waals surface area contributed by atoms with Gasteiger partial charge in [0, 0.05) is 15.5 Å². The molecule has 0 radical (unpaired) electrons. The van der Waals surface area contributed by atoms with Crippen molar-refractivity contribution in [3.8, 4) is 5.75 Å². The maximum Gasteiger partial charge on any atom is 0.122 e. The fourth-order valence-electron chi connectivity index (χ4n) is 2.49. The summed E-state index contributed by atoms with van der Waals surface area (Å²) >= 11 is 10.5. The van der Waals surface area contributed by atoms with Crippen LogP contribution in [-0.2, 0) is 18.6 Å². The van der Waals surface area contributed by atoms with Gasteiger partial charge in [-0.2, -0.15) is 11.8 Å². The Kier molecular flexibility index (Phi) is 4.59. The van der Waals surface area contributed by atoms with Crippen LogP contribution in [0.2, 0.25) is 0 Å². The lowest BCUT2D eigenvalue weighted by Crippen LogP contribution is -1.97. The number of rotatable bonds is 4. The van der Waals surface area contributed by atoms with Crippen molar-refractivity contribution in [1.82, 2.24) is 0 Å². The fourth-order valence-corrected chi connectivity index (χ4v) is 5.21. The number of methoxy groups -OCH3 is 1. The second-order valence-electron chi connectivity index (χ2n) is 4.88. The van der Waals surface area contributed by atoms with Crippen molar-refractivity contribution in [2.45, 2.75) is 24.0 Å². The second-order valence-corrected chi connectivity index (χ2v) is 7.68. The number of para-hydroxylation sites is 1. The average Bonchev–Trinajstić information content (AvgIpc) is 2.92. The maximum atomic E-state index is 6.64. The third kappa shape index (κ3) is 3.00. The lowest BCUT2D eigenvalue weighted by atomic mass is 10.1. The van der Waals surface area contributed by atoms with Crippen LogP contribution < -0.4 is 4.74 Å². The molecule has 0 fully saturated rings. The molecule has 0 saturated carbocycles. The highest BCUT2D eigenvalue weighted by molar-refractivity contribution is 7.98. The number of aryl methyl sites for hydroxylation is 1. The van der Waals surface area contributed by atoms with Gasteiger partial charge in [-0.05, 0) is 41.9 Å². The fraction of sp³-hybridized carbons (Fsp3) is 0.375. The Morgan fingerprint density at radius 2 is 2.20 bits per heavy atom. The summed E-state index contributed by atoms with van der Waals surface area (Å²) in [4.78, 5) is 2.83. The minimum Gasteiger partial charge on any atom is -0.496 e. The Balaban J connectivity index is 1.79. The predicted octanol–water partition coefficient (Wildman–Crippen LogP) is 5.07. The van der Waals surface area contributed by atoms with Crippen LogP contribution in [0.4, 0.5) is 0 Å². The summed E-state index contributed by atoms with van der Waals surface area (Å²) in [6.45, 7) is 0. The van der Waals surface area contributed by atoms with Crippen molar-refractivity contribution in [2.24, 2.45) is 0 Å². The monoisotopic (exact) mass is 324 g/mol. The average molecular weight is 325 g/mol. The molecular weight excluding hydrogens is 308 g/mol. The van der Waals surface area contributed by atoms with Crippen LogP contribution in [0.5, 0.6) is 5.75 Å². The number of benzene rings is 1. The van der Waals surface area contributed by atoms with E-state index in [1.54, 1.807) is 7.11 Å². The zero-order valence-electron chi connectivity index (χ0n) is 11.4. The molecule has 0 N–H and O–H groups in total. The van der Waals surface area contributed by atoms with Crippen LogP contribution in [0.3, 0.4) is 0 Å². The molecular formula is C16H17ClOS2. The number of hydrogen-bond donors (Lipinski definition) is 0. The standard InChI is InChI=1S/C16H17ClOS2/c1-18-14-5-3-2-4-11(14)8-13(17)16-9-12-10-19-7-6-15(12)20-16/h2-5,9,13H,6-8,10H2,1H3. The molecule has 20 heavy (non-hydrogen) atoms. The first-order valence-electron chi connectivity index (χ1n) is 6.73. The molecule has 0 saturated heterocycles. The lowest BCUT2D eigenvalue weighted by molar-refractivity contribution is 0.409. The van der Waals surface area contributed by atoms with E-state index in [9.17, 15) is 0 Å². The van der Waals surface area contributed by atoms with Crippen LogP contribution in [0.15, 0.2) is 30.3 Å². The van der Waals surface area contributed by atoms with E-state index >= 15 is 0 Å². The Morgan fingerprint density at radius 3 is 3.00 bits per heavy atom. The Labute approximate surface area is 133 Å². The van der Waals surface area contributed by atoms with E-state index < -0.39 is 0 Å². The van der Waals surface area contributed by atoms with Gasteiger partial charge in [-0.15, -0.1) is 22.9 Å². The number of thiophene rings is 1. The zero-order chi connectivity index (χ0) is 13.9. The molecule has 3 rings (SSSR count). The van der Waals surface area contributed by atoms with Crippen LogP contribution in [-0.4, -0.2) is 12.9 Å². The summed E-state index contributed by atoms with van der Waals surface area (Å²) in [5.41, 5.74) is 2.67. The van der Waals surface area contributed by atoms with E-state index in [2.05, 4.69) is 12.1 Å². The molecule has 4 heteroatoms. The van der Waals surface area contributed by atoms with Gasteiger partial charge in [0.1, 0.15) is 5.75 Å². The highest BCUT2D eigenvalue weighted by Gasteiger charge is 2.19. The Bertz CT molecular complexity index is 570. The summed E-state index contributed by atoms with van der Waals surface area (Å²) in [6.07, 6.45) is 2.01. The minimum absolute atomic E-state index is 0.0342. The van der Waals surface area contributed by atoms with E-state index in [0.29, 0.717) is 0 Å². The van der Waals surface area contributed by atoms with E-state index in [1.165, 1.54) is 33.1 Å². The number of hydrogen-bond acceptors (Lipinski definition) is 3. The van der Waals surface area contributed by atoms with Crippen molar-refractivity contribution >= 4 is 34.7 Å². The molecule has 0 bridgehead atoms. The van der Waals surface area contributed by atoms with Gasteiger partial charge in [-0.25, -0.2) is 0 Å². The molecule has 2 heterocycles. The molecule has 2 aromatic rings. The van der Waals surface area contributed by atoms with Gasteiger partial charge in [-0.1, -0.05) is 18.2 Å². The van der Waals surface area contributed by atoms with Crippen molar-refractivity contribution in [1.29, 1.82) is 0 Å². The molecule has 1 atom stereocenters. The zero-order valence-corrected chi connectivity index (χ0v) is 13.8. The first-order valence-corrected chi connectivity index (χ1v) is 9.14. The lowest BCUT2D eigenvalue weighted by Gasteiger charge is -2.11. The third-order valence-electron chi connectivity index (χ3n) is 3.55. The Hall–Kier alpha value is -0.640. The van der Waals surface area contributed by atoms with Gasteiger partial charge >= 0.3 is 0 Å². The van der Waals surface area contributed by atoms with E-state index in [0.717, 1.165) is 17.9 Å². The number of alkyl halides is 1. The number of fused-ring (bicyclic) bond motifs is 1. The van der Waals surface area contributed by atoms with Crippen LogP contribution in [0.1, 0.15) is 26.3 Å². The van der Waals surface area contributed by atoms with Crippen molar-refractivity contribution < 1.29 is 4.74 Å². The molecule has 0 amide bonds. The van der Waals surface area contributed by atoms with Gasteiger partial charge in [0.25, 0.3) is 0 Å². The number of ether oxygens (including phenoxy) is 1. The first-order chi connectivity index (χ1) is 9.78. The summed E-state index contributed by atoms with van der Waals surface area (Å²) in [5.74, 6) is 3.31. The highest BCUT2D eigenvalue weighted by Crippen LogP contribution is 2.38. The quantitative estimate of drug-likeness (QED) is 0.726. The van der Waals surface area contributed by atoms with Crippen molar-refractivity contribution in [3.63, 3.8) is 0 Å². The first kappa shape index (κ1) is 14.3. The molecule has 1 unspecified atom stereocenters. The second kappa shape index (κ2) is 6.42. The largest absolute Gasteiger partial charge is 0.496 e. The third-order valence-corrected chi connectivity index (χ3v) is 6.42. The van der Waals surface area contributed by atoms with Crippen molar-refractivity contribution in [3.05, 3.63) is 51.2 Å². The molecule has 1 nitrogen and oxygen atoms in total. The summed E-state index contributed by atoms with van der Waals surface area (Å²) in [5, 5.41) is 0.0342. The SMILES string of the molecule is COc1ccccc1CC(Cl)c1cc2c(s1)CCSC2. The minimum atomic E-state index is 0.0342. The summed E-state index contributed by atoms with van der Waals surface area (Å²) in [7, 11) is 1.71. The van der Waals surface area contributed by atoms with E-state index in [-0.39, 0.29) is 5.38 Å².